The fourth-order valence-electron chi connectivity index (χ4n) is 4.00. The van der Waals surface area contributed by atoms with Crippen molar-refractivity contribution < 1.29 is 28.9 Å². The van der Waals surface area contributed by atoms with Crippen molar-refractivity contribution in [3.8, 4) is 28.5 Å². The van der Waals surface area contributed by atoms with Crippen LogP contribution in [0.1, 0.15) is 28.4 Å². The van der Waals surface area contributed by atoms with Gasteiger partial charge in [0.2, 0.25) is 0 Å². The van der Waals surface area contributed by atoms with Crippen molar-refractivity contribution in [1.29, 1.82) is 0 Å². The van der Waals surface area contributed by atoms with Crippen LogP contribution in [0.25, 0.3) is 11.3 Å². The molecular weight excluding hydrogens is 531 g/mol. The third-order valence-corrected chi connectivity index (χ3v) is 6.30. The summed E-state index contributed by atoms with van der Waals surface area (Å²) < 4.78 is 16.5. The minimum Gasteiger partial charge on any atom is -0.493 e. The molecule has 8 nitrogen and oxygen atoms in total. The number of fused-ring (bicyclic) bond motifs is 1. The van der Waals surface area contributed by atoms with Gasteiger partial charge in [-0.15, -0.1) is 0 Å². The molecule has 1 atom stereocenters. The number of nitrogens with zero attached hydrogens (tertiary/aromatic N) is 1. The molecule has 4 aromatic rings. The number of carbonyl (C=O) groups is 2. The third kappa shape index (κ3) is 5.82. The molecule has 38 heavy (non-hydrogen) atoms. The van der Waals surface area contributed by atoms with Crippen molar-refractivity contribution in [2.75, 3.05) is 11.9 Å². The van der Waals surface area contributed by atoms with E-state index < -0.39 is 12.3 Å². The molecule has 0 spiro atoms. The Bertz CT molecular complexity index is 1510. The topological polar surface area (TPSA) is 107 Å². The van der Waals surface area contributed by atoms with E-state index in [1.54, 1.807) is 66.9 Å². The van der Waals surface area contributed by atoms with E-state index in [2.05, 4.69) is 10.3 Å². The molecule has 0 fully saturated rings. The Balaban J connectivity index is 1.27. The van der Waals surface area contributed by atoms with Crippen LogP contribution >= 0.6 is 23.2 Å². The summed E-state index contributed by atoms with van der Waals surface area (Å²) in [5, 5.41) is 12.7. The van der Waals surface area contributed by atoms with Gasteiger partial charge < -0.3 is 24.6 Å². The summed E-state index contributed by atoms with van der Waals surface area (Å²) >= 11 is 12.5. The molecule has 2 N–H and O–H groups in total. The summed E-state index contributed by atoms with van der Waals surface area (Å²) in [7, 11) is 0. The van der Waals surface area contributed by atoms with E-state index in [0.29, 0.717) is 57.8 Å². The molecule has 0 bridgehead atoms. The first-order chi connectivity index (χ1) is 18.4. The molecule has 0 saturated carbocycles. The number of hydrogen-bond acceptors (Lipinski definition) is 6. The number of amides is 1. The van der Waals surface area contributed by atoms with E-state index >= 15 is 0 Å². The predicted octanol–water partition coefficient (Wildman–Crippen LogP) is 7.62. The van der Waals surface area contributed by atoms with Gasteiger partial charge in [0.25, 0.3) is 5.91 Å². The quantitative estimate of drug-likeness (QED) is 0.238. The molecule has 5 rings (SSSR count). The second-order valence-corrected chi connectivity index (χ2v) is 9.19. The van der Waals surface area contributed by atoms with Crippen LogP contribution < -0.4 is 14.8 Å². The molecule has 1 aliphatic rings. The second kappa shape index (κ2) is 11.0. The lowest BCUT2D eigenvalue weighted by Gasteiger charge is -2.25. The number of carboxylic acid groups (broad SMARTS) is 1. The molecule has 0 radical (unpaired) electrons. The Morgan fingerprint density at radius 3 is 2.61 bits per heavy atom. The van der Waals surface area contributed by atoms with Crippen molar-refractivity contribution in [2.24, 2.45) is 0 Å². The Morgan fingerprint density at radius 2 is 1.84 bits per heavy atom. The zero-order valence-electron chi connectivity index (χ0n) is 19.7. The summed E-state index contributed by atoms with van der Waals surface area (Å²) in [6, 6.07) is 20.5. The van der Waals surface area contributed by atoms with Crippen LogP contribution in [0.2, 0.25) is 10.0 Å². The second-order valence-electron chi connectivity index (χ2n) is 8.35. The van der Waals surface area contributed by atoms with Crippen LogP contribution in [0.15, 0.2) is 79.0 Å². The summed E-state index contributed by atoms with van der Waals surface area (Å²) in [4.78, 5) is 28.2. The summed E-state index contributed by atoms with van der Waals surface area (Å²) in [5.41, 5.74) is 3.07. The first kappa shape index (κ1) is 25.4. The van der Waals surface area contributed by atoms with Gasteiger partial charge in [-0.05, 0) is 54.6 Å². The Hall–Kier alpha value is -4.27. The number of nitrogens with one attached hydrogen (secondary N) is 1. The minimum absolute atomic E-state index is 0.267. The van der Waals surface area contributed by atoms with Gasteiger partial charge in [-0.3, -0.25) is 9.78 Å². The van der Waals surface area contributed by atoms with Gasteiger partial charge in [-0.2, -0.15) is 0 Å². The molecule has 10 heteroatoms. The van der Waals surface area contributed by atoms with E-state index in [1.807, 2.05) is 12.1 Å². The molecule has 192 valence electrons. The van der Waals surface area contributed by atoms with Crippen molar-refractivity contribution >= 4 is 41.0 Å². The number of halogens is 2. The first-order valence-electron chi connectivity index (χ1n) is 11.5. The van der Waals surface area contributed by atoms with Gasteiger partial charge in [0, 0.05) is 46.1 Å². The van der Waals surface area contributed by atoms with Gasteiger partial charge >= 0.3 is 6.16 Å². The highest BCUT2D eigenvalue weighted by molar-refractivity contribution is 6.32. The number of pyridine rings is 1. The van der Waals surface area contributed by atoms with Crippen LogP contribution in [0.5, 0.6) is 17.2 Å². The summed E-state index contributed by atoms with van der Waals surface area (Å²) in [6.07, 6.45) is -0.0255. The molecule has 2 heterocycles. The number of benzene rings is 3. The molecule has 1 amide bonds. The molecule has 0 aliphatic carbocycles. The SMILES string of the molecule is O=C(O)OC1CCOc2cc(Oc3ccc(C(=O)Nc4ccnc(-c5cccc(Cl)c5)c4)cc3)c(Cl)cc21. The average molecular weight is 551 g/mol. The standard InChI is InChI=1S/C28H20Cl2N2O6/c29-18-3-1-2-17(12-18)23-13-19(8-10-31-23)32-27(33)16-4-6-20(7-5-16)37-26-15-25-21(14-22(26)30)24(9-11-36-25)38-28(34)35/h1-8,10,12-15,24H,9,11H2,(H,34,35)(H,31,32,33). The summed E-state index contributed by atoms with van der Waals surface area (Å²) in [5.74, 6) is 0.908. The van der Waals surface area contributed by atoms with Gasteiger partial charge in [-0.25, -0.2) is 4.79 Å². The highest BCUT2D eigenvalue weighted by Crippen LogP contribution is 2.42. The van der Waals surface area contributed by atoms with Gasteiger partial charge in [0.1, 0.15) is 23.4 Å². The highest BCUT2D eigenvalue weighted by Gasteiger charge is 2.27. The summed E-state index contributed by atoms with van der Waals surface area (Å²) in [6.45, 7) is 0.299. The molecule has 3 aromatic carbocycles. The maximum absolute atomic E-state index is 12.8. The van der Waals surface area contributed by atoms with Crippen molar-refractivity contribution in [3.05, 3.63) is 100 Å². The average Bonchev–Trinajstić information content (AvgIpc) is 2.90. The van der Waals surface area contributed by atoms with Crippen molar-refractivity contribution in [1.82, 2.24) is 4.98 Å². The third-order valence-electron chi connectivity index (χ3n) is 5.77. The van der Waals surface area contributed by atoms with E-state index in [0.717, 1.165) is 5.56 Å². The lowest BCUT2D eigenvalue weighted by molar-refractivity contribution is 0.0326. The number of ether oxygens (including phenoxy) is 3. The number of anilines is 1. The molecule has 1 aromatic heterocycles. The fourth-order valence-corrected chi connectivity index (χ4v) is 4.40. The van der Waals surface area contributed by atoms with Crippen LogP contribution in [-0.4, -0.2) is 28.8 Å². The van der Waals surface area contributed by atoms with Crippen molar-refractivity contribution in [3.63, 3.8) is 0 Å². The number of aromatic nitrogens is 1. The Labute approximate surface area is 227 Å². The first-order valence-corrected chi connectivity index (χ1v) is 12.3. The van der Waals surface area contributed by atoms with Crippen LogP contribution in [0.4, 0.5) is 10.5 Å². The van der Waals surface area contributed by atoms with Crippen LogP contribution in [0.3, 0.4) is 0 Å². The van der Waals surface area contributed by atoms with E-state index in [9.17, 15) is 9.59 Å². The molecule has 0 saturated heterocycles. The zero-order chi connectivity index (χ0) is 26.6. The Morgan fingerprint density at radius 1 is 1.03 bits per heavy atom. The number of rotatable bonds is 6. The highest BCUT2D eigenvalue weighted by atomic mass is 35.5. The maximum atomic E-state index is 12.8. The van der Waals surface area contributed by atoms with E-state index in [-0.39, 0.29) is 10.9 Å². The van der Waals surface area contributed by atoms with E-state index in [1.165, 1.54) is 0 Å². The number of hydrogen-bond donors (Lipinski definition) is 2. The van der Waals surface area contributed by atoms with Crippen molar-refractivity contribution in [2.45, 2.75) is 12.5 Å². The largest absolute Gasteiger partial charge is 0.506 e. The molecular formula is C28H20Cl2N2O6. The predicted molar refractivity (Wildman–Crippen MR) is 143 cm³/mol. The number of carbonyl (C=O) groups excluding carboxylic acids is 1. The maximum Gasteiger partial charge on any atom is 0.506 e. The fraction of sp³-hybridized carbons (Fsp3) is 0.107. The van der Waals surface area contributed by atoms with Crippen LogP contribution in [0, 0.1) is 0 Å². The lowest BCUT2D eigenvalue weighted by Crippen LogP contribution is -2.18. The normalized spacial score (nSPS) is 14.1. The zero-order valence-corrected chi connectivity index (χ0v) is 21.2. The van der Waals surface area contributed by atoms with Crippen LogP contribution in [-0.2, 0) is 4.74 Å². The smallest absolute Gasteiger partial charge is 0.493 e. The minimum atomic E-state index is -1.37. The van der Waals surface area contributed by atoms with Gasteiger partial charge in [0.15, 0.2) is 0 Å². The van der Waals surface area contributed by atoms with E-state index in [4.69, 9.17) is 42.5 Å². The lowest BCUT2D eigenvalue weighted by atomic mass is 10.0. The molecule has 1 aliphatic heterocycles. The monoisotopic (exact) mass is 550 g/mol. The Kier molecular flexibility index (Phi) is 7.35. The van der Waals surface area contributed by atoms with Gasteiger partial charge in [0.05, 0.1) is 17.3 Å². The molecule has 1 unspecified atom stereocenters. The van der Waals surface area contributed by atoms with Gasteiger partial charge in [-0.1, -0.05) is 35.3 Å².